The number of ether oxygens (including phenoxy) is 1. The lowest BCUT2D eigenvalue weighted by atomic mass is 9.95. The molecule has 0 aromatic heterocycles. The third-order valence-electron chi connectivity index (χ3n) is 2.08. The van der Waals surface area contributed by atoms with E-state index in [2.05, 4.69) is 0 Å². The average Bonchev–Trinajstić information content (AvgIpc) is 2.14. The standard InChI is InChI=1S/C11H22O3/c1-7(2)10(13)6-11(8(3)4)14-9(5)12/h7-8,10-11,13H,6H2,1-5H3/t10-,11-/m0/s1/i5D3,10D. The molecule has 0 amide bonds. The number of esters is 1. The maximum Gasteiger partial charge on any atom is 0.302 e. The second-order valence-electron chi connectivity index (χ2n) is 4.04. The van der Waals surface area contributed by atoms with E-state index in [-0.39, 0.29) is 18.3 Å². The molecule has 0 aromatic rings. The molecule has 0 aliphatic carbocycles. The summed E-state index contributed by atoms with van der Waals surface area (Å²) in [5.41, 5.74) is 0. The van der Waals surface area contributed by atoms with Crippen molar-refractivity contribution in [3.05, 3.63) is 0 Å². The maximum atomic E-state index is 11.3. The molecule has 0 bridgehead atoms. The van der Waals surface area contributed by atoms with Crippen molar-refractivity contribution in [3.63, 3.8) is 0 Å². The van der Waals surface area contributed by atoms with Gasteiger partial charge in [-0.1, -0.05) is 27.7 Å². The van der Waals surface area contributed by atoms with Crippen LogP contribution in [0.1, 0.15) is 46.5 Å². The fraction of sp³-hybridized carbons (Fsp3) is 0.909. The molecule has 0 saturated carbocycles. The van der Waals surface area contributed by atoms with Crippen LogP contribution in [0.2, 0.25) is 0 Å². The van der Waals surface area contributed by atoms with Gasteiger partial charge in [0.2, 0.25) is 0 Å². The molecule has 0 saturated heterocycles. The van der Waals surface area contributed by atoms with E-state index >= 15 is 0 Å². The second-order valence-corrected chi connectivity index (χ2v) is 4.04. The number of carbonyl (C=O) groups excluding carboxylic acids is 1. The Bertz CT molecular complexity index is 285. The molecule has 2 atom stereocenters. The van der Waals surface area contributed by atoms with Gasteiger partial charge in [0, 0.05) is 17.4 Å². The number of rotatable bonds is 5. The fourth-order valence-corrected chi connectivity index (χ4v) is 0.993. The molecule has 14 heavy (non-hydrogen) atoms. The molecule has 0 aliphatic heterocycles. The van der Waals surface area contributed by atoms with Crippen molar-refractivity contribution in [2.75, 3.05) is 0 Å². The normalized spacial score (nSPS) is 23.1. The van der Waals surface area contributed by atoms with Gasteiger partial charge in [0.1, 0.15) is 6.10 Å². The predicted octanol–water partition coefficient (Wildman–Crippen LogP) is 1.98. The Balaban J connectivity index is 4.76. The summed E-state index contributed by atoms with van der Waals surface area (Å²) in [6.07, 6.45) is -2.64. The van der Waals surface area contributed by atoms with E-state index in [4.69, 9.17) is 10.2 Å². The zero-order chi connectivity index (χ0) is 14.7. The van der Waals surface area contributed by atoms with Crippen molar-refractivity contribution < 1.29 is 20.1 Å². The van der Waals surface area contributed by atoms with Gasteiger partial charge >= 0.3 is 5.97 Å². The van der Waals surface area contributed by atoms with Crippen molar-refractivity contribution in [2.45, 2.75) is 53.2 Å². The number of aliphatic hydroxyl groups is 1. The Hall–Kier alpha value is -0.570. The molecule has 0 radical (unpaired) electrons. The van der Waals surface area contributed by atoms with Crippen LogP contribution < -0.4 is 0 Å². The quantitative estimate of drug-likeness (QED) is 0.700. The SMILES string of the molecule is [2H]C([2H])([2H])C(=O)O[C@@H](C[C@]([2H])(O)C(C)C)C(C)C. The summed E-state index contributed by atoms with van der Waals surface area (Å²) in [5, 5.41) is 9.86. The maximum absolute atomic E-state index is 11.3. The van der Waals surface area contributed by atoms with Gasteiger partial charge in [-0.05, 0) is 11.8 Å². The Morgan fingerprint density at radius 1 is 1.43 bits per heavy atom. The Labute approximate surface area is 92.1 Å². The molecule has 3 nitrogen and oxygen atoms in total. The van der Waals surface area contributed by atoms with Crippen LogP contribution in [-0.2, 0) is 9.53 Å². The molecule has 1 N–H and O–H groups in total. The van der Waals surface area contributed by atoms with Gasteiger partial charge in [0.25, 0.3) is 0 Å². The Morgan fingerprint density at radius 2 is 2.00 bits per heavy atom. The first kappa shape index (κ1) is 7.69. The third kappa shape index (κ3) is 5.22. The molecule has 3 heteroatoms. The van der Waals surface area contributed by atoms with Gasteiger partial charge in [-0.15, -0.1) is 0 Å². The van der Waals surface area contributed by atoms with E-state index in [1.54, 1.807) is 27.7 Å². The van der Waals surface area contributed by atoms with Crippen LogP contribution in [-0.4, -0.2) is 23.3 Å². The molecule has 0 fully saturated rings. The fourth-order valence-electron chi connectivity index (χ4n) is 0.993. The third-order valence-corrected chi connectivity index (χ3v) is 2.08. The lowest BCUT2D eigenvalue weighted by Gasteiger charge is -2.24. The first-order chi connectivity index (χ1) is 7.88. The van der Waals surface area contributed by atoms with E-state index in [1.165, 1.54) is 0 Å². The summed E-state index contributed by atoms with van der Waals surface area (Å²) >= 11 is 0. The predicted molar refractivity (Wildman–Crippen MR) is 55.9 cm³/mol. The molecule has 0 unspecified atom stereocenters. The lowest BCUT2D eigenvalue weighted by Crippen LogP contribution is -2.29. The summed E-state index contributed by atoms with van der Waals surface area (Å²) in [6.45, 7) is 4.03. The highest BCUT2D eigenvalue weighted by Gasteiger charge is 2.22. The first-order valence-electron chi connectivity index (χ1n) is 6.81. The molecular weight excluding hydrogens is 180 g/mol. The first-order valence-corrected chi connectivity index (χ1v) is 4.81. The molecule has 0 aromatic carbocycles. The monoisotopic (exact) mass is 206 g/mol. The van der Waals surface area contributed by atoms with Gasteiger partial charge in [-0.25, -0.2) is 0 Å². The topological polar surface area (TPSA) is 46.5 Å². The summed E-state index contributed by atoms with van der Waals surface area (Å²) in [7, 11) is 0. The summed E-state index contributed by atoms with van der Waals surface area (Å²) in [5.74, 6) is -1.81. The van der Waals surface area contributed by atoms with Crippen molar-refractivity contribution in [2.24, 2.45) is 11.8 Å². The summed E-state index contributed by atoms with van der Waals surface area (Å²) in [4.78, 5) is 11.3. The minimum absolute atomic E-state index is 0.107. The molecule has 84 valence electrons. The summed E-state index contributed by atoms with van der Waals surface area (Å²) in [6, 6.07) is 0. The number of carbonyl (C=O) groups is 1. The van der Waals surface area contributed by atoms with Crippen LogP contribution in [0.15, 0.2) is 0 Å². The van der Waals surface area contributed by atoms with Crippen molar-refractivity contribution >= 4 is 5.97 Å². The van der Waals surface area contributed by atoms with Crippen LogP contribution in [0.3, 0.4) is 0 Å². The molecule has 0 aliphatic rings. The Kier molecular flexibility index (Phi) is 3.30. The minimum atomic E-state index is -2.81. The Morgan fingerprint density at radius 3 is 2.36 bits per heavy atom. The van der Waals surface area contributed by atoms with E-state index in [1.807, 2.05) is 0 Å². The van der Waals surface area contributed by atoms with Crippen LogP contribution in [0.25, 0.3) is 0 Å². The minimum Gasteiger partial charge on any atom is -0.462 e. The highest BCUT2D eigenvalue weighted by Crippen LogP contribution is 2.17. The second kappa shape index (κ2) is 6.02. The zero-order valence-electron chi connectivity index (χ0n) is 13.2. The molecule has 0 spiro atoms. The van der Waals surface area contributed by atoms with Crippen LogP contribution >= 0.6 is 0 Å². The van der Waals surface area contributed by atoms with Crippen LogP contribution in [0.5, 0.6) is 0 Å². The van der Waals surface area contributed by atoms with E-state index in [0.717, 1.165) is 0 Å². The van der Waals surface area contributed by atoms with Crippen LogP contribution in [0, 0.1) is 11.8 Å². The molecule has 0 heterocycles. The van der Waals surface area contributed by atoms with E-state index in [0.29, 0.717) is 0 Å². The van der Waals surface area contributed by atoms with Crippen molar-refractivity contribution in [1.82, 2.24) is 0 Å². The van der Waals surface area contributed by atoms with Gasteiger partial charge < -0.3 is 9.84 Å². The van der Waals surface area contributed by atoms with Gasteiger partial charge in [-0.3, -0.25) is 4.79 Å². The van der Waals surface area contributed by atoms with Gasteiger partial charge in [0.15, 0.2) is 0 Å². The van der Waals surface area contributed by atoms with Crippen molar-refractivity contribution in [1.29, 1.82) is 0 Å². The van der Waals surface area contributed by atoms with E-state index < -0.39 is 25.0 Å². The molecular formula is C11H22O3. The molecule has 0 rings (SSSR count). The highest BCUT2D eigenvalue weighted by atomic mass is 16.5. The number of hydrogen-bond acceptors (Lipinski definition) is 3. The number of hydrogen-bond donors (Lipinski definition) is 1. The summed E-state index contributed by atoms with van der Waals surface area (Å²) < 4.78 is 33.4. The lowest BCUT2D eigenvalue weighted by molar-refractivity contribution is -0.150. The van der Waals surface area contributed by atoms with E-state index in [9.17, 15) is 9.90 Å². The van der Waals surface area contributed by atoms with Crippen molar-refractivity contribution in [3.8, 4) is 0 Å². The average molecular weight is 206 g/mol. The highest BCUT2D eigenvalue weighted by molar-refractivity contribution is 5.66. The van der Waals surface area contributed by atoms with Crippen LogP contribution in [0.4, 0.5) is 0 Å². The largest absolute Gasteiger partial charge is 0.462 e. The van der Waals surface area contributed by atoms with Gasteiger partial charge in [-0.2, -0.15) is 0 Å². The zero-order valence-corrected chi connectivity index (χ0v) is 9.20. The smallest absolute Gasteiger partial charge is 0.302 e. The van der Waals surface area contributed by atoms with Gasteiger partial charge in [0.05, 0.1) is 7.45 Å².